The molecule has 0 saturated carbocycles. The van der Waals surface area contributed by atoms with Crippen molar-refractivity contribution in [1.82, 2.24) is 10.6 Å². The third kappa shape index (κ3) is 9.72. The average Bonchev–Trinajstić information content (AvgIpc) is 2.80. The van der Waals surface area contributed by atoms with E-state index in [-0.39, 0.29) is 32.0 Å². The Labute approximate surface area is 192 Å². The van der Waals surface area contributed by atoms with Gasteiger partial charge in [-0.2, -0.15) is 0 Å². The molecule has 0 aliphatic rings. The number of aliphatic carboxylic acids is 1. The first-order chi connectivity index (χ1) is 15.8. The maximum absolute atomic E-state index is 12.9. The summed E-state index contributed by atoms with van der Waals surface area (Å²) in [6, 6.07) is 16.0. The summed E-state index contributed by atoms with van der Waals surface area (Å²) in [5, 5.41) is 14.5. The van der Waals surface area contributed by atoms with Crippen LogP contribution in [0.15, 0.2) is 65.7 Å². The molecular weight excluding hydrogens is 426 g/mol. The Hall–Kier alpha value is -4.08. The number of carbonyl (C=O) groups is 3. The Balaban J connectivity index is 2.02. The molecule has 0 aromatic heterocycles. The number of aliphatic imine (C=N–C) groups is 1. The molecule has 0 unspecified atom stereocenters. The number of benzene rings is 2. The second kappa shape index (κ2) is 13.4. The molecule has 0 radical (unpaired) electrons. The Bertz CT molecular complexity index is 933. The van der Waals surface area contributed by atoms with Crippen LogP contribution in [-0.2, 0) is 27.4 Å². The van der Waals surface area contributed by atoms with Gasteiger partial charge in [-0.3, -0.25) is 9.79 Å². The highest BCUT2D eigenvalue weighted by Gasteiger charge is 2.27. The maximum Gasteiger partial charge on any atom is 0.408 e. The zero-order valence-corrected chi connectivity index (χ0v) is 18.1. The van der Waals surface area contributed by atoms with E-state index in [1.807, 2.05) is 36.4 Å². The van der Waals surface area contributed by atoms with Crippen LogP contribution >= 0.6 is 0 Å². The molecule has 33 heavy (non-hydrogen) atoms. The van der Waals surface area contributed by atoms with E-state index in [0.29, 0.717) is 6.42 Å². The molecule has 10 heteroatoms. The van der Waals surface area contributed by atoms with Gasteiger partial charge in [-0.25, -0.2) is 9.59 Å². The molecule has 0 bridgehead atoms. The average molecular weight is 456 g/mol. The highest BCUT2D eigenvalue weighted by atomic mass is 16.5. The van der Waals surface area contributed by atoms with Crippen molar-refractivity contribution in [3.05, 3.63) is 71.8 Å². The standard InChI is InChI=1S/C23H29N5O5/c24-22(25)26-13-7-12-18(21(30)31)27-20(29)19(14-16-8-3-1-4-9-16)28-23(32)33-15-17-10-5-2-6-11-17/h1-6,8-11,18-19H,7,12-15H2,(H,27,29)(H,28,32)(H,30,31)(H4,24,25,26)/t18-,19+/m0/s1. The van der Waals surface area contributed by atoms with E-state index in [4.69, 9.17) is 16.2 Å². The number of carbonyl (C=O) groups excluding carboxylic acids is 2. The number of carboxylic acids is 1. The van der Waals surface area contributed by atoms with Gasteiger partial charge in [0.2, 0.25) is 5.91 Å². The van der Waals surface area contributed by atoms with E-state index < -0.39 is 30.1 Å². The molecular formula is C23H29N5O5. The molecule has 0 spiro atoms. The van der Waals surface area contributed by atoms with Crippen LogP contribution in [0, 0.1) is 0 Å². The van der Waals surface area contributed by atoms with Crippen molar-refractivity contribution in [1.29, 1.82) is 0 Å². The van der Waals surface area contributed by atoms with Gasteiger partial charge in [0.25, 0.3) is 0 Å². The number of amides is 2. The number of guanidine groups is 1. The zero-order valence-electron chi connectivity index (χ0n) is 18.1. The fourth-order valence-electron chi connectivity index (χ4n) is 3.00. The molecule has 0 aliphatic heterocycles. The summed E-state index contributed by atoms with van der Waals surface area (Å²) in [6.45, 7) is 0.272. The Morgan fingerprint density at radius 1 is 0.909 bits per heavy atom. The lowest BCUT2D eigenvalue weighted by Crippen LogP contribution is -2.52. The van der Waals surface area contributed by atoms with Crippen molar-refractivity contribution in [3.63, 3.8) is 0 Å². The van der Waals surface area contributed by atoms with Gasteiger partial charge in [-0.05, 0) is 24.0 Å². The molecule has 0 heterocycles. The summed E-state index contributed by atoms with van der Waals surface area (Å²) in [5.74, 6) is -1.92. The lowest BCUT2D eigenvalue weighted by Gasteiger charge is -2.21. The highest BCUT2D eigenvalue weighted by Crippen LogP contribution is 2.07. The fourth-order valence-corrected chi connectivity index (χ4v) is 3.00. The number of hydrogen-bond acceptors (Lipinski definition) is 5. The minimum atomic E-state index is -1.20. The van der Waals surface area contributed by atoms with E-state index in [1.165, 1.54) is 0 Å². The first-order valence-electron chi connectivity index (χ1n) is 10.4. The number of nitrogens with zero attached hydrogens (tertiary/aromatic N) is 1. The van der Waals surface area contributed by atoms with Gasteiger partial charge in [0.1, 0.15) is 18.7 Å². The zero-order chi connectivity index (χ0) is 24.1. The van der Waals surface area contributed by atoms with E-state index in [2.05, 4.69) is 15.6 Å². The van der Waals surface area contributed by atoms with E-state index in [0.717, 1.165) is 11.1 Å². The van der Waals surface area contributed by atoms with Crippen LogP contribution in [0.3, 0.4) is 0 Å². The summed E-state index contributed by atoms with van der Waals surface area (Å²) >= 11 is 0. The number of nitrogens with one attached hydrogen (secondary N) is 2. The highest BCUT2D eigenvalue weighted by molar-refractivity contribution is 5.89. The molecule has 2 amide bonds. The van der Waals surface area contributed by atoms with E-state index in [1.54, 1.807) is 24.3 Å². The van der Waals surface area contributed by atoms with Crippen LogP contribution in [0.1, 0.15) is 24.0 Å². The fraction of sp³-hybridized carbons (Fsp3) is 0.304. The molecule has 2 aromatic rings. The van der Waals surface area contributed by atoms with Crippen molar-refractivity contribution in [2.24, 2.45) is 16.5 Å². The Kier molecular flexibility index (Phi) is 10.2. The topological polar surface area (TPSA) is 169 Å². The maximum atomic E-state index is 12.9. The quantitative estimate of drug-likeness (QED) is 0.182. The molecule has 7 N–H and O–H groups in total. The van der Waals surface area contributed by atoms with Gasteiger partial charge in [0.15, 0.2) is 5.96 Å². The Morgan fingerprint density at radius 3 is 2.09 bits per heavy atom. The summed E-state index contributed by atoms with van der Waals surface area (Å²) in [5.41, 5.74) is 12.1. The third-order valence-electron chi connectivity index (χ3n) is 4.66. The third-order valence-corrected chi connectivity index (χ3v) is 4.66. The van der Waals surface area contributed by atoms with Crippen LogP contribution in [0.25, 0.3) is 0 Å². The van der Waals surface area contributed by atoms with Crippen LogP contribution in [-0.4, -0.2) is 47.7 Å². The van der Waals surface area contributed by atoms with Crippen molar-refractivity contribution >= 4 is 23.9 Å². The van der Waals surface area contributed by atoms with E-state index >= 15 is 0 Å². The molecule has 2 aromatic carbocycles. The van der Waals surface area contributed by atoms with Crippen molar-refractivity contribution < 1.29 is 24.2 Å². The van der Waals surface area contributed by atoms with Crippen molar-refractivity contribution in [2.45, 2.75) is 38.0 Å². The number of alkyl carbamates (subject to hydrolysis) is 1. The number of ether oxygens (including phenoxy) is 1. The molecule has 10 nitrogen and oxygen atoms in total. The first kappa shape index (κ1) is 25.2. The predicted molar refractivity (Wildman–Crippen MR) is 123 cm³/mol. The summed E-state index contributed by atoms with van der Waals surface area (Å²) < 4.78 is 5.22. The van der Waals surface area contributed by atoms with Crippen LogP contribution in [0.2, 0.25) is 0 Å². The molecule has 2 atom stereocenters. The second-order valence-corrected chi connectivity index (χ2v) is 7.30. The number of nitrogens with two attached hydrogens (primary N) is 2. The predicted octanol–water partition coefficient (Wildman–Crippen LogP) is 1.15. The van der Waals surface area contributed by atoms with Gasteiger partial charge in [-0.1, -0.05) is 60.7 Å². The molecule has 0 fully saturated rings. The van der Waals surface area contributed by atoms with Crippen LogP contribution in [0.5, 0.6) is 0 Å². The first-order valence-corrected chi connectivity index (χ1v) is 10.4. The summed E-state index contributed by atoms with van der Waals surface area (Å²) in [6.07, 6.45) is -0.151. The lowest BCUT2D eigenvalue weighted by molar-refractivity contribution is -0.142. The SMILES string of the molecule is NC(N)=NCCC[C@H](NC(=O)[C@@H](Cc1ccccc1)NC(=O)OCc1ccccc1)C(=O)O. The minimum absolute atomic E-state index is 0.0366. The lowest BCUT2D eigenvalue weighted by atomic mass is 10.0. The smallest absolute Gasteiger partial charge is 0.408 e. The van der Waals surface area contributed by atoms with Gasteiger partial charge >= 0.3 is 12.1 Å². The molecule has 0 saturated heterocycles. The van der Waals surface area contributed by atoms with Gasteiger partial charge < -0.3 is 31.9 Å². The minimum Gasteiger partial charge on any atom is -0.480 e. The Morgan fingerprint density at radius 2 is 1.52 bits per heavy atom. The molecule has 2 rings (SSSR count). The van der Waals surface area contributed by atoms with Crippen molar-refractivity contribution in [2.75, 3.05) is 6.54 Å². The van der Waals surface area contributed by atoms with Gasteiger partial charge in [0, 0.05) is 13.0 Å². The van der Waals surface area contributed by atoms with Gasteiger partial charge in [0.05, 0.1) is 0 Å². The van der Waals surface area contributed by atoms with Crippen molar-refractivity contribution in [3.8, 4) is 0 Å². The number of carboxylic acid groups (broad SMARTS) is 1. The van der Waals surface area contributed by atoms with Crippen LogP contribution < -0.4 is 22.1 Å². The van der Waals surface area contributed by atoms with Crippen LogP contribution in [0.4, 0.5) is 4.79 Å². The summed E-state index contributed by atoms with van der Waals surface area (Å²) in [4.78, 5) is 40.7. The van der Waals surface area contributed by atoms with Gasteiger partial charge in [-0.15, -0.1) is 0 Å². The van der Waals surface area contributed by atoms with E-state index in [9.17, 15) is 19.5 Å². The molecule has 0 aliphatic carbocycles. The normalized spacial score (nSPS) is 12.1. The second-order valence-electron chi connectivity index (χ2n) is 7.30. The number of rotatable bonds is 12. The monoisotopic (exact) mass is 455 g/mol. The number of hydrogen-bond donors (Lipinski definition) is 5. The summed E-state index contributed by atoms with van der Waals surface area (Å²) in [7, 11) is 0. The largest absolute Gasteiger partial charge is 0.480 e. The molecule has 176 valence electrons.